The van der Waals surface area contributed by atoms with Gasteiger partial charge >= 0.3 is 6.18 Å². The predicted octanol–water partition coefficient (Wildman–Crippen LogP) is 3.95. The molecule has 1 aromatic carbocycles. The Morgan fingerprint density at radius 2 is 2.00 bits per heavy atom. The number of allylic oxidation sites excluding steroid dienone is 1. The third-order valence-corrected chi connectivity index (χ3v) is 4.24. The number of ether oxygens (including phenoxy) is 1. The molecule has 124 valence electrons. The fraction of sp³-hybridized carbons (Fsp3) is 0.143. The van der Waals surface area contributed by atoms with Gasteiger partial charge in [-0.25, -0.2) is 0 Å². The van der Waals surface area contributed by atoms with Crippen LogP contribution in [-0.2, 0) is 6.18 Å². The Labute approximate surface area is 143 Å². The summed E-state index contributed by atoms with van der Waals surface area (Å²) >= 11 is 11.8. The first-order valence-corrected chi connectivity index (χ1v) is 7.17. The van der Waals surface area contributed by atoms with Crippen molar-refractivity contribution in [2.45, 2.75) is 12.1 Å². The third kappa shape index (κ3) is 2.56. The summed E-state index contributed by atoms with van der Waals surface area (Å²) in [4.78, 5) is 0. The number of hydrogen-bond donors (Lipinski definition) is 2. The van der Waals surface area contributed by atoms with E-state index in [1.165, 1.54) is 18.2 Å². The highest BCUT2D eigenvalue weighted by Gasteiger charge is 2.44. The maximum atomic E-state index is 13.3. The van der Waals surface area contributed by atoms with Gasteiger partial charge in [-0.3, -0.25) is 5.10 Å². The van der Waals surface area contributed by atoms with Crippen molar-refractivity contribution in [3.05, 3.63) is 56.5 Å². The van der Waals surface area contributed by atoms with E-state index in [0.29, 0.717) is 5.56 Å². The van der Waals surface area contributed by atoms with Gasteiger partial charge in [0.25, 0.3) is 0 Å². The second-order valence-corrected chi connectivity index (χ2v) is 5.73. The standard InChI is InChI=1S/C14H7Cl2F3N4O/c15-7-2-1-5(3-8(7)16)9-6(4-20)12(21)24-13-10(9)11(22-23-13)14(17,18)19/h1-3,9H,21H2,(H,22,23). The summed E-state index contributed by atoms with van der Waals surface area (Å²) in [6.45, 7) is 0. The number of aromatic amines is 1. The van der Waals surface area contributed by atoms with Crippen LogP contribution in [0.4, 0.5) is 13.2 Å². The lowest BCUT2D eigenvalue weighted by Gasteiger charge is -2.24. The normalized spacial score (nSPS) is 17.2. The number of alkyl halides is 3. The maximum absolute atomic E-state index is 13.3. The van der Waals surface area contributed by atoms with E-state index >= 15 is 0 Å². The Balaban J connectivity index is 2.28. The molecule has 3 N–H and O–H groups in total. The zero-order chi connectivity index (χ0) is 17.6. The van der Waals surface area contributed by atoms with Crippen molar-refractivity contribution in [2.24, 2.45) is 5.73 Å². The minimum Gasteiger partial charge on any atom is -0.420 e. The molecule has 2 heterocycles. The molecule has 3 rings (SSSR count). The quantitative estimate of drug-likeness (QED) is 0.790. The van der Waals surface area contributed by atoms with Gasteiger partial charge in [0.2, 0.25) is 11.8 Å². The molecule has 10 heteroatoms. The molecule has 1 aliphatic rings. The highest BCUT2D eigenvalue weighted by molar-refractivity contribution is 6.42. The summed E-state index contributed by atoms with van der Waals surface area (Å²) < 4.78 is 44.8. The number of nitrogens with one attached hydrogen (secondary N) is 1. The van der Waals surface area contributed by atoms with Crippen LogP contribution in [0.2, 0.25) is 10.0 Å². The summed E-state index contributed by atoms with van der Waals surface area (Å²) in [5, 5.41) is 15.1. The van der Waals surface area contributed by atoms with Crippen molar-refractivity contribution >= 4 is 23.2 Å². The van der Waals surface area contributed by atoms with Crippen LogP contribution in [0.3, 0.4) is 0 Å². The van der Waals surface area contributed by atoms with E-state index < -0.39 is 17.8 Å². The third-order valence-electron chi connectivity index (χ3n) is 3.50. The number of benzene rings is 1. The van der Waals surface area contributed by atoms with Gasteiger partial charge in [0.05, 0.1) is 21.5 Å². The van der Waals surface area contributed by atoms with E-state index in [0.717, 1.165) is 0 Å². The summed E-state index contributed by atoms with van der Waals surface area (Å²) in [6, 6.07) is 6.05. The van der Waals surface area contributed by atoms with E-state index in [1.807, 2.05) is 5.10 Å². The first kappa shape index (κ1) is 16.5. The van der Waals surface area contributed by atoms with Gasteiger partial charge in [-0.05, 0) is 17.7 Å². The average Bonchev–Trinajstić information content (AvgIpc) is 2.92. The Morgan fingerprint density at radius 3 is 2.58 bits per heavy atom. The zero-order valence-corrected chi connectivity index (χ0v) is 13.1. The van der Waals surface area contributed by atoms with Crippen molar-refractivity contribution in [2.75, 3.05) is 0 Å². The van der Waals surface area contributed by atoms with Crippen molar-refractivity contribution in [1.29, 1.82) is 5.26 Å². The highest BCUT2D eigenvalue weighted by atomic mass is 35.5. The van der Waals surface area contributed by atoms with Crippen LogP contribution in [-0.4, -0.2) is 10.2 Å². The van der Waals surface area contributed by atoms with E-state index in [9.17, 15) is 18.4 Å². The van der Waals surface area contributed by atoms with Gasteiger partial charge in [0.1, 0.15) is 17.3 Å². The van der Waals surface area contributed by atoms with Crippen molar-refractivity contribution in [3.8, 4) is 11.9 Å². The van der Waals surface area contributed by atoms with Crippen LogP contribution in [0.1, 0.15) is 22.7 Å². The number of halogens is 5. The minimum absolute atomic E-state index is 0.134. The lowest BCUT2D eigenvalue weighted by molar-refractivity contribution is -0.141. The van der Waals surface area contributed by atoms with Gasteiger partial charge in [-0.15, -0.1) is 5.10 Å². The predicted molar refractivity (Wildman–Crippen MR) is 79.3 cm³/mol. The second kappa shape index (κ2) is 5.61. The molecule has 0 amide bonds. The van der Waals surface area contributed by atoms with Crippen LogP contribution in [0.5, 0.6) is 5.88 Å². The average molecular weight is 375 g/mol. The fourth-order valence-corrected chi connectivity index (χ4v) is 2.79. The molecular weight excluding hydrogens is 368 g/mol. The molecule has 5 nitrogen and oxygen atoms in total. The van der Waals surface area contributed by atoms with E-state index in [2.05, 4.69) is 5.10 Å². The number of aromatic nitrogens is 2. The molecule has 24 heavy (non-hydrogen) atoms. The Hall–Kier alpha value is -2.37. The number of rotatable bonds is 1. The Bertz CT molecular complexity index is 898. The fourth-order valence-electron chi connectivity index (χ4n) is 2.49. The molecule has 0 fully saturated rings. The molecule has 0 saturated carbocycles. The van der Waals surface area contributed by atoms with Crippen LogP contribution in [0.25, 0.3) is 0 Å². The second-order valence-electron chi connectivity index (χ2n) is 4.91. The number of nitrogens with two attached hydrogens (primary N) is 1. The molecule has 1 unspecified atom stereocenters. The highest BCUT2D eigenvalue weighted by Crippen LogP contribution is 2.47. The summed E-state index contributed by atoms with van der Waals surface area (Å²) in [6.07, 6.45) is -4.72. The van der Waals surface area contributed by atoms with E-state index in [-0.39, 0.29) is 32.9 Å². The number of H-pyrrole nitrogens is 1. The zero-order valence-electron chi connectivity index (χ0n) is 11.6. The molecular formula is C14H7Cl2F3N4O. The number of fused-ring (bicyclic) bond motifs is 1. The van der Waals surface area contributed by atoms with Crippen molar-refractivity contribution < 1.29 is 17.9 Å². The van der Waals surface area contributed by atoms with Crippen LogP contribution in [0.15, 0.2) is 29.7 Å². The minimum atomic E-state index is -4.72. The Morgan fingerprint density at radius 1 is 1.29 bits per heavy atom. The van der Waals surface area contributed by atoms with Crippen LogP contribution in [0, 0.1) is 11.3 Å². The topological polar surface area (TPSA) is 87.7 Å². The van der Waals surface area contributed by atoms with Crippen LogP contribution < -0.4 is 10.5 Å². The first-order chi connectivity index (χ1) is 11.2. The lowest BCUT2D eigenvalue weighted by atomic mass is 9.84. The van der Waals surface area contributed by atoms with Gasteiger partial charge < -0.3 is 10.5 Å². The van der Waals surface area contributed by atoms with Crippen LogP contribution >= 0.6 is 23.2 Å². The largest absolute Gasteiger partial charge is 0.433 e. The number of hydrogen-bond acceptors (Lipinski definition) is 4. The molecule has 2 aromatic rings. The molecule has 1 aromatic heterocycles. The SMILES string of the molecule is N#CC1=C(N)Oc2n[nH]c(C(F)(F)F)c2C1c1ccc(Cl)c(Cl)c1. The van der Waals surface area contributed by atoms with E-state index in [1.54, 1.807) is 6.07 Å². The summed E-state index contributed by atoms with van der Waals surface area (Å²) in [5.41, 5.74) is 4.35. The van der Waals surface area contributed by atoms with Gasteiger partial charge in [-0.1, -0.05) is 29.3 Å². The number of nitrogens with zero attached hydrogens (tertiary/aromatic N) is 2. The molecule has 0 bridgehead atoms. The molecule has 0 aliphatic carbocycles. The monoisotopic (exact) mass is 374 g/mol. The maximum Gasteiger partial charge on any atom is 0.433 e. The molecule has 0 saturated heterocycles. The smallest absolute Gasteiger partial charge is 0.420 e. The molecule has 0 radical (unpaired) electrons. The van der Waals surface area contributed by atoms with Gasteiger partial charge in [0.15, 0.2) is 0 Å². The lowest BCUT2D eigenvalue weighted by Crippen LogP contribution is -2.22. The molecule has 0 spiro atoms. The Kier molecular flexibility index (Phi) is 3.86. The van der Waals surface area contributed by atoms with Crippen molar-refractivity contribution in [3.63, 3.8) is 0 Å². The van der Waals surface area contributed by atoms with Crippen molar-refractivity contribution in [1.82, 2.24) is 10.2 Å². The molecule has 1 atom stereocenters. The van der Waals surface area contributed by atoms with E-state index in [4.69, 9.17) is 33.7 Å². The molecule has 1 aliphatic heterocycles. The van der Waals surface area contributed by atoms with Gasteiger partial charge in [0, 0.05) is 0 Å². The summed E-state index contributed by atoms with van der Waals surface area (Å²) in [7, 11) is 0. The summed E-state index contributed by atoms with van der Waals surface area (Å²) in [5.74, 6) is -1.79. The van der Waals surface area contributed by atoms with Gasteiger partial charge in [-0.2, -0.15) is 18.4 Å². The number of nitriles is 1. The first-order valence-electron chi connectivity index (χ1n) is 6.42.